The van der Waals surface area contributed by atoms with Crippen molar-refractivity contribution in [2.45, 2.75) is 13.0 Å². The molecule has 0 unspecified atom stereocenters. The van der Waals surface area contributed by atoms with Crippen molar-refractivity contribution in [2.75, 3.05) is 31.9 Å². The largest absolute Gasteiger partial charge is 0.365 e. The van der Waals surface area contributed by atoms with Crippen LogP contribution in [0.2, 0.25) is 0 Å². The fourth-order valence-electron chi connectivity index (χ4n) is 3.05. The monoisotopic (exact) mass is 354 g/mol. The van der Waals surface area contributed by atoms with E-state index in [1.807, 2.05) is 0 Å². The molecule has 0 spiro atoms. The highest BCUT2D eigenvalue weighted by atomic mass is 32.2. The molecular weight excluding hydrogens is 336 g/mol. The number of carbonyl (C=O) groups is 2. The van der Waals surface area contributed by atoms with Gasteiger partial charge in [-0.3, -0.25) is 14.4 Å². The fraction of sp³-hybridized carbons (Fsp3) is 0.500. The number of nitrogens with two attached hydrogens (primary N) is 1. The van der Waals surface area contributed by atoms with Crippen molar-refractivity contribution >= 4 is 21.8 Å². The summed E-state index contributed by atoms with van der Waals surface area (Å²) < 4.78 is 26.2. The first kappa shape index (κ1) is 16.7. The molecule has 0 bridgehead atoms. The number of sulfonamides is 1. The normalized spacial score (nSPS) is 20.2. The molecule has 2 aliphatic rings. The molecule has 3 heterocycles. The molecule has 1 aromatic rings. The minimum Gasteiger partial charge on any atom is -0.365 e. The second-order valence-electron chi connectivity index (χ2n) is 5.81. The van der Waals surface area contributed by atoms with E-state index in [1.54, 1.807) is 0 Å². The van der Waals surface area contributed by atoms with E-state index in [1.165, 1.54) is 25.9 Å². The summed E-state index contributed by atoms with van der Waals surface area (Å²) in [4.78, 5) is 37.4. The topological polar surface area (TPSA) is 123 Å². The second kappa shape index (κ2) is 6.02. The van der Waals surface area contributed by atoms with Gasteiger partial charge in [0.15, 0.2) is 0 Å². The predicted octanol–water partition coefficient (Wildman–Crippen LogP) is -1.56. The van der Waals surface area contributed by atoms with Crippen molar-refractivity contribution in [1.29, 1.82) is 0 Å². The molecule has 24 heavy (non-hydrogen) atoms. The molecule has 0 saturated carbocycles. The maximum absolute atomic E-state index is 12.5. The van der Waals surface area contributed by atoms with Crippen LogP contribution in [0.25, 0.3) is 0 Å². The van der Waals surface area contributed by atoms with Crippen LogP contribution in [-0.4, -0.2) is 65.9 Å². The number of amides is 2. The van der Waals surface area contributed by atoms with Gasteiger partial charge >= 0.3 is 0 Å². The average Bonchev–Trinajstić information content (AvgIpc) is 2.85. The number of primary amides is 1. The molecule has 2 amide bonds. The van der Waals surface area contributed by atoms with Crippen molar-refractivity contribution in [3.63, 3.8) is 0 Å². The van der Waals surface area contributed by atoms with E-state index in [2.05, 4.69) is 0 Å². The van der Waals surface area contributed by atoms with E-state index in [0.717, 1.165) is 0 Å². The standard InChI is InChI=1S/C14H18N4O5S/c15-12(19)10-2-3-11-14(21)16(6-8-18(11)13(10)20)5-7-17-4-1-9-24(17,22)23/h2-3H,1,4-9H2,(H2,15,19). The van der Waals surface area contributed by atoms with Crippen LogP contribution >= 0.6 is 0 Å². The van der Waals surface area contributed by atoms with Gasteiger partial charge in [0, 0.05) is 32.7 Å². The highest BCUT2D eigenvalue weighted by Gasteiger charge is 2.31. The molecule has 1 saturated heterocycles. The maximum atomic E-state index is 12.5. The fourth-order valence-corrected chi connectivity index (χ4v) is 4.57. The SMILES string of the molecule is NC(=O)c1ccc2n(c1=O)CCN(CCN1CCCS1(=O)=O)C2=O. The molecule has 0 aliphatic carbocycles. The number of aromatic nitrogens is 1. The number of hydrogen-bond acceptors (Lipinski definition) is 5. The van der Waals surface area contributed by atoms with Gasteiger partial charge in [0.2, 0.25) is 10.0 Å². The maximum Gasteiger partial charge on any atom is 0.270 e. The Balaban J connectivity index is 1.77. The third-order valence-corrected chi connectivity index (χ3v) is 6.32. The Labute approximate surface area is 138 Å². The minimum absolute atomic E-state index is 0.148. The molecule has 1 fully saturated rings. The zero-order valence-corrected chi connectivity index (χ0v) is 13.8. The Morgan fingerprint density at radius 3 is 2.50 bits per heavy atom. The lowest BCUT2D eigenvalue weighted by Gasteiger charge is -2.30. The quantitative estimate of drug-likeness (QED) is 0.700. The van der Waals surface area contributed by atoms with E-state index in [0.29, 0.717) is 13.0 Å². The summed E-state index contributed by atoms with van der Waals surface area (Å²) in [5.41, 5.74) is 4.60. The van der Waals surface area contributed by atoms with Gasteiger partial charge in [0.1, 0.15) is 11.3 Å². The predicted molar refractivity (Wildman–Crippen MR) is 85.1 cm³/mol. The molecule has 2 aliphatic heterocycles. The second-order valence-corrected chi connectivity index (χ2v) is 7.90. The van der Waals surface area contributed by atoms with Gasteiger partial charge in [-0.1, -0.05) is 0 Å². The lowest BCUT2D eigenvalue weighted by molar-refractivity contribution is 0.0692. The lowest BCUT2D eigenvalue weighted by atomic mass is 10.2. The zero-order valence-electron chi connectivity index (χ0n) is 13.0. The number of pyridine rings is 1. The Morgan fingerprint density at radius 2 is 1.88 bits per heavy atom. The molecule has 9 nitrogen and oxygen atoms in total. The Kier molecular flexibility index (Phi) is 4.18. The van der Waals surface area contributed by atoms with Gasteiger partial charge in [-0.05, 0) is 18.6 Å². The number of carbonyl (C=O) groups excluding carboxylic acids is 2. The smallest absolute Gasteiger partial charge is 0.270 e. The summed E-state index contributed by atoms with van der Waals surface area (Å²) in [5, 5.41) is 0. The van der Waals surface area contributed by atoms with Crippen LogP contribution in [0.1, 0.15) is 27.3 Å². The van der Waals surface area contributed by atoms with Crippen LogP contribution in [0.5, 0.6) is 0 Å². The van der Waals surface area contributed by atoms with Gasteiger partial charge in [-0.2, -0.15) is 0 Å². The summed E-state index contributed by atoms with van der Waals surface area (Å²) in [6.07, 6.45) is 0.602. The Bertz CT molecular complexity index is 860. The first-order valence-electron chi connectivity index (χ1n) is 7.62. The van der Waals surface area contributed by atoms with Gasteiger partial charge in [0.05, 0.1) is 5.75 Å². The Hall–Kier alpha value is -2.20. The van der Waals surface area contributed by atoms with Crippen LogP contribution in [0.15, 0.2) is 16.9 Å². The zero-order chi connectivity index (χ0) is 17.5. The van der Waals surface area contributed by atoms with Gasteiger partial charge in [-0.15, -0.1) is 0 Å². The van der Waals surface area contributed by atoms with Crippen LogP contribution in [-0.2, 0) is 16.6 Å². The van der Waals surface area contributed by atoms with Gasteiger partial charge in [-0.25, -0.2) is 12.7 Å². The molecule has 0 atom stereocenters. The first-order valence-corrected chi connectivity index (χ1v) is 9.23. The number of fused-ring (bicyclic) bond motifs is 1. The van der Waals surface area contributed by atoms with Crippen molar-refractivity contribution in [1.82, 2.24) is 13.8 Å². The molecule has 0 aromatic carbocycles. The summed E-state index contributed by atoms with van der Waals surface area (Å²) in [6.45, 7) is 1.51. The van der Waals surface area contributed by atoms with Crippen molar-refractivity contribution in [3.8, 4) is 0 Å². The Morgan fingerprint density at radius 1 is 1.12 bits per heavy atom. The highest BCUT2D eigenvalue weighted by molar-refractivity contribution is 7.89. The number of rotatable bonds is 4. The number of nitrogens with zero attached hydrogens (tertiary/aromatic N) is 3. The van der Waals surface area contributed by atoms with Gasteiger partial charge in [0.25, 0.3) is 17.4 Å². The van der Waals surface area contributed by atoms with Crippen LogP contribution < -0.4 is 11.3 Å². The first-order chi connectivity index (χ1) is 11.3. The minimum atomic E-state index is -3.20. The molecule has 130 valence electrons. The van der Waals surface area contributed by atoms with Crippen molar-refractivity contribution < 1.29 is 18.0 Å². The molecular formula is C14H18N4O5S. The number of hydrogen-bond donors (Lipinski definition) is 1. The van der Waals surface area contributed by atoms with E-state index in [-0.39, 0.29) is 49.1 Å². The summed E-state index contributed by atoms with van der Waals surface area (Å²) in [7, 11) is -3.20. The summed E-state index contributed by atoms with van der Waals surface area (Å²) >= 11 is 0. The molecule has 0 radical (unpaired) electrons. The van der Waals surface area contributed by atoms with Crippen molar-refractivity contribution in [2.24, 2.45) is 5.73 Å². The molecule has 10 heteroatoms. The van der Waals surface area contributed by atoms with E-state index >= 15 is 0 Å². The third kappa shape index (κ3) is 2.82. The summed E-state index contributed by atoms with van der Waals surface area (Å²) in [5.74, 6) is -1.04. The van der Waals surface area contributed by atoms with Crippen LogP contribution in [0.3, 0.4) is 0 Å². The van der Waals surface area contributed by atoms with Crippen LogP contribution in [0.4, 0.5) is 0 Å². The third-order valence-electron chi connectivity index (χ3n) is 4.36. The lowest BCUT2D eigenvalue weighted by Crippen LogP contribution is -2.48. The van der Waals surface area contributed by atoms with E-state index in [9.17, 15) is 22.8 Å². The van der Waals surface area contributed by atoms with Crippen LogP contribution in [0, 0.1) is 0 Å². The molecule has 2 N–H and O–H groups in total. The van der Waals surface area contributed by atoms with E-state index < -0.39 is 21.5 Å². The summed E-state index contributed by atoms with van der Waals surface area (Å²) in [6, 6.07) is 2.66. The van der Waals surface area contributed by atoms with Crippen molar-refractivity contribution in [3.05, 3.63) is 33.7 Å². The molecule has 3 rings (SSSR count). The van der Waals surface area contributed by atoms with Gasteiger partial charge < -0.3 is 15.2 Å². The highest BCUT2D eigenvalue weighted by Crippen LogP contribution is 2.15. The molecule has 1 aromatic heterocycles. The average molecular weight is 354 g/mol. The van der Waals surface area contributed by atoms with E-state index in [4.69, 9.17) is 5.73 Å².